The first kappa shape index (κ1) is 19.8. The van der Waals surface area contributed by atoms with Crippen molar-refractivity contribution in [3.8, 4) is 0 Å². The van der Waals surface area contributed by atoms with Gasteiger partial charge in [-0.15, -0.1) is 10.2 Å². The fraction of sp³-hybridized carbons (Fsp3) is 0.500. The summed E-state index contributed by atoms with van der Waals surface area (Å²) in [6, 6.07) is 5.34. The number of carbonyl (C=O) groups excluding carboxylic acids is 1. The van der Waals surface area contributed by atoms with E-state index in [-0.39, 0.29) is 18.7 Å². The van der Waals surface area contributed by atoms with Crippen LogP contribution in [-0.4, -0.2) is 63.5 Å². The third-order valence-electron chi connectivity index (χ3n) is 4.06. The van der Waals surface area contributed by atoms with Crippen LogP contribution in [0.2, 0.25) is 10.0 Å². The summed E-state index contributed by atoms with van der Waals surface area (Å²) in [6.45, 7) is 3.53. The molecule has 1 fully saturated rings. The van der Waals surface area contributed by atoms with Crippen LogP contribution < -0.4 is 10.6 Å². The molecule has 11 heteroatoms. The minimum Gasteiger partial charge on any atom is -0.374 e. The second-order valence-electron chi connectivity index (χ2n) is 6.24. The van der Waals surface area contributed by atoms with Crippen molar-refractivity contribution in [2.24, 2.45) is 7.05 Å². The van der Waals surface area contributed by atoms with Crippen molar-refractivity contribution in [1.29, 1.82) is 0 Å². The summed E-state index contributed by atoms with van der Waals surface area (Å²) in [5.74, 6) is 0.453. The molecule has 1 saturated heterocycles. The molecule has 27 heavy (non-hydrogen) atoms. The van der Waals surface area contributed by atoms with Crippen molar-refractivity contribution >= 4 is 29.2 Å². The molecule has 1 aliphatic rings. The first-order valence-electron chi connectivity index (χ1n) is 8.52. The van der Waals surface area contributed by atoms with E-state index in [4.69, 9.17) is 27.9 Å². The van der Waals surface area contributed by atoms with Gasteiger partial charge in [-0.2, -0.15) is 4.80 Å². The van der Waals surface area contributed by atoms with Crippen LogP contribution in [0.1, 0.15) is 11.4 Å². The average Bonchev–Trinajstić information content (AvgIpc) is 3.07. The van der Waals surface area contributed by atoms with Crippen LogP contribution in [0, 0.1) is 0 Å². The van der Waals surface area contributed by atoms with E-state index in [0.717, 1.165) is 18.7 Å². The van der Waals surface area contributed by atoms with Gasteiger partial charge < -0.3 is 15.4 Å². The standard InChI is InChI=1S/C16H21Cl2N7O2/c1-24-22-15(21-23-24)8-20-16(26)19-7-12-10-25(4-5-27-12)9-11-2-3-13(17)14(18)6-11/h2-3,6,12H,4-5,7-10H2,1H3,(H2,19,20,26). The monoisotopic (exact) mass is 413 g/mol. The summed E-state index contributed by atoms with van der Waals surface area (Å²) in [6.07, 6.45) is -0.0816. The Morgan fingerprint density at radius 3 is 2.93 bits per heavy atom. The predicted octanol–water partition coefficient (Wildman–Crippen LogP) is 1.22. The van der Waals surface area contributed by atoms with E-state index in [0.29, 0.717) is 35.6 Å². The lowest BCUT2D eigenvalue weighted by Gasteiger charge is -2.33. The number of morpholine rings is 1. The number of hydrogen-bond donors (Lipinski definition) is 2. The number of nitrogens with one attached hydrogen (secondary N) is 2. The highest BCUT2D eigenvalue weighted by molar-refractivity contribution is 6.42. The van der Waals surface area contributed by atoms with Crippen LogP contribution in [-0.2, 0) is 24.9 Å². The number of rotatable bonds is 6. The molecule has 146 valence electrons. The van der Waals surface area contributed by atoms with Gasteiger partial charge in [-0.05, 0) is 22.9 Å². The number of halogens is 2. The molecule has 1 aromatic heterocycles. The second-order valence-corrected chi connectivity index (χ2v) is 7.05. The van der Waals surface area contributed by atoms with Crippen LogP contribution in [0.5, 0.6) is 0 Å². The van der Waals surface area contributed by atoms with Crippen molar-refractivity contribution in [2.45, 2.75) is 19.2 Å². The molecule has 2 amide bonds. The van der Waals surface area contributed by atoms with Crippen LogP contribution in [0.3, 0.4) is 0 Å². The van der Waals surface area contributed by atoms with E-state index in [1.807, 2.05) is 12.1 Å². The molecule has 0 saturated carbocycles. The quantitative estimate of drug-likeness (QED) is 0.738. The second kappa shape index (κ2) is 9.32. The van der Waals surface area contributed by atoms with Gasteiger partial charge in [-0.25, -0.2) is 4.79 Å². The number of tetrazole rings is 1. The Kier molecular flexibility index (Phi) is 6.84. The molecule has 1 unspecified atom stereocenters. The highest BCUT2D eigenvalue weighted by Gasteiger charge is 2.21. The number of aryl methyl sites for hydroxylation is 1. The van der Waals surface area contributed by atoms with Crippen LogP contribution in [0.4, 0.5) is 4.79 Å². The van der Waals surface area contributed by atoms with Gasteiger partial charge in [0.15, 0.2) is 5.82 Å². The number of amides is 2. The zero-order chi connectivity index (χ0) is 19.2. The summed E-state index contributed by atoms with van der Waals surface area (Å²) < 4.78 is 5.74. The molecular weight excluding hydrogens is 393 g/mol. The van der Waals surface area contributed by atoms with Crippen LogP contribution in [0.15, 0.2) is 18.2 Å². The van der Waals surface area contributed by atoms with Gasteiger partial charge in [0.25, 0.3) is 0 Å². The Hall–Kier alpha value is -1.94. The molecule has 3 rings (SSSR count). The molecule has 1 atom stereocenters. The van der Waals surface area contributed by atoms with E-state index < -0.39 is 0 Å². The van der Waals surface area contributed by atoms with Crippen molar-refractivity contribution in [3.63, 3.8) is 0 Å². The summed E-state index contributed by atoms with van der Waals surface area (Å²) in [4.78, 5) is 15.5. The van der Waals surface area contributed by atoms with Crippen molar-refractivity contribution < 1.29 is 9.53 Å². The third kappa shape index (κ3) is 6.03. The largest absolute Gasteiger partial charge is 0.374 e. The van der Waals surface area contributed by atoms with Crippen molar-refractivity contribution in [3.05, 3.63) is 39.6 Å². The lowest BCUT2D eigenvalue weighted by Crippen LogP contribution is -2.48. The maximum absolute atomic E-state index is 11.9. The molecule has 1 aromatic carbocycles. The van der Waals surface area contributed by atoms with Gasteiger partial charge in [-0.3, -0.25) is 4.90 Å². The predicted molar refractivity (Wildman–Crippen MR) is 101 cm³/mol. The smallest absolute Gasteiger partial charge is 0.315 e. The fourth-order valence-electron chi connectivity index (χ4n) is 2.77. The van der Waals surface area contributed by atoms with Gasteiger partial charge in [0.2, 0.25) is 0 Å². The Labute approximate surface area is 166 Å². The molecule has 0 aliphatic carbocycles. The van der Waals surface area contributed by atoms with Crippen molar-refractivity contribution in [2.75, 3.05) is 26.2 Å². The number of ether oxygens (including phenoxy) is 1. The zero-order valence-electron chi connectivity index (χ0n) is 14.9. The van der Waals surface area contributed by atoms with E-state index in [1.54, 1.807) is 13.1 Å². The number of aromatic nitrogens is 4. The molecule has 0 spiro atoms. The van der Waals surface area contributed by atoms with Crippen molar-refractivity contribution in [1.82, 2.24) is 35.7 Å². The van der Waals surface area contributed by atoms with Gasteiger partial charge in [-0.1, -0.05) is 29.3 Å². The average molecular weight is 414 g/mol. The van der Waals surface area contributed by atoms with E-state index in [1.165, 1.54) is 4.80 Å². The van der Waals surface area contributed by atoms with Gasteiger partial charge >= 0.3 is 6.03 Å². The number of carbonyl (C=O) groups is 1. The summed E-state index contributed by atoms with van der Waals surface area (Å²) in [5, 5.41) is 18.1. The number of urea groups is 1. The minimum absolute atomic E-state index is 0.0816. The number of hydrogen-bond acceptors (Lipinski definition) is 6. The first-order valence-corrected chi connectivity index (χ1v) is 9.27. The fourth-order valence-corrected chi connectivity index (χ4v) is 3.09. The normalized spacial score (nSPS) is 17.7. The van der Waals surface area contributed by atoms with Crippen LogP contribution in [0.25, 0.3) is 0 Å². The molecule has 1 aliphatic heterocycles. The summed E-state index contributed by atoms with van der Waals surface area (Å²) in [7, 11) is 1.67. The Bertz CT molecular complexity index is 786. The number of nitrogens with zero attached hydrogens (tertiary/aromatic N) is 5. The van der Waals surface area contributed by atoms with Crippen LogP contribution >= 0.6 is 23.2 Å². The molecular formula is C16H21Cl2N7O2. The van der Waals surface area contributed by atoms with Gasteiger partial charge in [0, 0.05) is 26.2 Å². The zero-order valence-corrected chi connectivity index (χ0v) is 16.4. The summed E-state index contributed by atoms with van der Waals surface area (Å²) >= 11 is 12.0. The Morgan fingerprint density at radius 1 is 1.33 bits per heavy atom. The summed E-state index contributed by atoms with van der Waals surface area (Å²) in [5.41, 5.74) is 1.09. The Morgan fingerprint density at radius 2 is 2.19 bits per heavy atom. The third-order valence-corrected chi connectivity index (χ3v) is 4.80. The number of benzene rings is 1. The lowest BCUT2D eigenvalue weighted by atomic mass is 10.2. The molecule has 2 heterocycles. The highest BCUT2D eigenvalue weighted by Crippen LogP contribution is 2.23. The molecule has 0 bridgehead atoms. The van der Waals surface area contributed by atoms with Gasteiger partial charge in [0.1, 0.15) is 0 Å². The van der Waals surface area contributed by atoms with E-state index >= 15 is 0 Å². The maximum Gasteiger partial charge on any atom is 0.315 e. The molecule has 2 aromatic rings. The van der Waals surface area contributed by atoms with E-state index in [2.05, 4.69) is 30.9 Å². The lowest BCUT2D eigenvalue weighted by molar-refractivity contribution is -0.0287. The topological polar surface area (TPSA) is 97.2 Å². The SMILES string of the molecule is Cn1nnc(CNC(=O)NCC2CN(Cc3ccc(Cl)c(Cl)c3)CCO2)n1. The maximum atomic E-state index is 11.9. The molecule has 9 nitrogen and oxygen atoms in total. The molecule has 2 N–H and O–H groups in total. The van der Waals surface area contributed by atoms with E-state index in [9.17, 15) is 4.79 Å². The highest BCUT2D eigenvalue weighted by atomic mass is 35.5. The minimum atomic E-state index is -0.298. The first-order chi connectivity index (χ1) is 13.0. The Balaban J connectivity index is 1.41. The molecule has 0 radical (unpaired) electrons. The van der Waals surface area contributed by atoms with Gasteiger partial charge in [0.05, 0.1) is 36.3 Å².